The summed E-state index contributed by atoms with van der Waals surface area (Å²) in [5.41, 5.74) is 0.695. The molecule has 0 amide bonds. The lowest BCUT2D eigenvalue weighted by Crippen LogP contribution is -2.11. The van der Waals surface area contributed by atoms with E-state index in [1.807, 2.05) is 0 Å². The minimum atomic E-state index is -1.27. The van der Waals surface area contributed by atoms with Gasteiger partial charge < -0.3 is 14.2 Å². The van der Waals surface area contributed by atoms with Crippen molar-refractivity contribution in [3.8, 4) is 0 Å². The van der Waals surface area contributed by atoms with Gasteiger partial charge in [-0.05, 0) is 34.8 Å². The van der Waals surface area contributed by atoms with Gasteiger partial charge in [-0.15, -0.1) is 0 Å². The number of carboxylic acid groups (broad SMARTS) is 1. The van der Waals surface area contributed by atoms with Crippen LogP contribution in [-0.2, 0) is 33.6 Å². The number of hydrogen-bond donors (Lipinski definition) is 1. The van der Waals surface area contributed by atoms with E-state index in [2.05, 4.69) is 0 Å². The van der Waals surface area contributed by atoms with Gasteiger partial charge in [-0.1, -0.05) is 12.1 Å². The molecule has 0 fully saturated rings. The average Bonchev–Trinajstić information content (AvgIpc) is 2.25. The molecule has 1 aromatic carbocycles. The molecule has 94 valence electrons. The van der Waals surface area contributed by atoms with Crippen LogP contribution in [0.4, 0.5) is 0 Å². The topological polar surface area (TPSA) is 83.4 Å². The van der Waals surface area contributed by atoms with Crippen LogP contribution in [-0.4, -0.2) is 32.7 Å². The van der Waals surface area contributed by atoms with Gasteiger partial charge in [-0.25, -0.2) is 0 Å². The summed E-state index contributed by atoms with van der Waals surface area (Å²) in [6, 6.07) is 5.11. The van der Waals surface area contributed by atoms with Crippen LogP contribution in [0.15, 0.2) is 28.0 Å². The van der Waals surface area contributed by atoms with Crippen molar-refractivity contribution in [3.05, 3.63) is 23.8 Å². The minimum absolute atomic E-state index is 0.0238. The molecule has 0 saturated carbocycles. The Morgan fingerprint density at radius 2 is 1.94 bits per heavy atom. The minimum Gasteiger partial charge on any atom is -0.612 e. The molecule has 0 heterocycles. The van der Waals surface area contributed by atoms with Crippen molar-refractivity contribution in [2.24, 2.45) is 0 Å². The highest BCUT2D eigenvalue weighted by Crippen LogP contribution is 2.25. The fraction of sp³-hybridized carbons (Fsp3) is 0.364. The summed E-state index contributed by atoms with van der Waals surface area (Å²) in [7, 11) is 0. The van der Waals surface area contributed by atoms with E-state index in [9.17, 15) is 13.9 Å². The molecular weight excluding hydrogens is 260 g/mol. The molecule has 1 rings (SSSR count). The molecule has 0 saturated heterocycles. The Labute approximate surface area is 106 Å². The van der Waals surface area contributed by atoms with Crippen LogP contribution in [0.1, 0.15) is 12.0 Å². The molecule has 2 unspecified atom stereocenters. The van der Waals surface area contributed by atoms with Crippen LogP contribution in [0.3, 0.4) is 0 Å². The summed E-state index contributed by atoms with van der Waals surface area (Å²) in [6.45, 7) is 0. The molecule has 0 bridgehead atoms. The Morgan fingerprint density at radius 3 is 2.41 bits per heavy atom. The molecule has 0 aliphatic carbocycles. The van der Waals surface area contributed by atoms with Crippen molar-refractivity contribution in [1.29, 1.82) is 0 Å². The lowest BCUT2D eigenvalue weighted by molar-refractivity contribution is -0.136. The first-order valence-corrected chi connectivity index (χ1v) is 8.05. The summed E-state index contributed by atoms with van der Waals surface area (Å²) in [5.74, 6) is -0.902. The van der Waals surface area contributed by atoms with Gasteiger partial charge in [0.05, 0.1) is 0 Å². The summed E-state index contributed by atoms with van der Waals surface area (Å²) < 4.78 is 23.2. The number of benzene rings is 1. The molecule has 1 aromatic rings. The zero-order valence-electron chi connectivity index (χ0n) is 9.63. The van der Waals surface area contributed by atoms with E-state index in [1.54, 1.807) is 18.2 Å². The molecule has 17 heavy (non-hydrogen) atoms. The van der Waals surface area contributed by atoms with Crippen molar-refractivity contribution < 1.29 is 19.0 Å². The third-order valence-corrected chi connectivity index (χ3v) is 4.41. The number of carbonyl (C=O) groups is 1. The normalized spacial score (nSPS) is 14.4. The summed E-state index contributed by atoms with van der Waals surface area (Å²) >= 11 is -2.50. The summed E-state index contributed by atoms with van der Waals surface area (Å²) in [5, 5.41) is 8.65. The van der Waals surface area contributed by atoms with Crippen LogP contribution < -0.4 is 0 Å². The fourth-order valence-electron chi connectivity index (χ4n) is 1.55. The lowest BCUT2D eigenvalue weighted by Gasteiger charge is -2.14. The van der Waals surface area contributed by atoms with E-state index < -0.39 is 28.3 Å². The van der Waals surface area contributed by atoms with Gasteiger partial charge in [0.2, 0.25) is 9.79 Å². The lowest BCUT2D eigenvalue weighted by atomic mass is 10.1. The van der Waals surface area contributed by atoms with Gasteiger partial charge in [0, 0.05) is 12.0 Å². The van der Waals surface area contributed by atoms with Crippen molar-refractivity contribution in [1.82, 2.24) is 0 Å². The monoisotopic (exact) mass is 274 g/mol. The molecule has 0 aliphatic rings. The number of hydrogen-bond acceptors (Lipinski definition) is 3. The standard InChI is InChI=1S/C11H14O4S2/c1-16(14)9-5-3-4-8(6-7-10(12)13)11(9)17(2)15/h3-5H,6-7H2,1-2H3,(H,12,13). The van der Waals surface area contributed by atoms with Gasteiger partial charge >= 0.3 is 5.97 Å². The van der Waals surface area contributed by atoms with Crippen LogP contribution in [0.2, 0.25) is 0 Å². The Bertz CT molecular complexity index is 404. The van der Waals surface area contributed by atoms with Crippen molar-refractivity contribution in [2.45, 2.75) is 22.6 Å². The SMILES string of the molecule is C[S+]([O-])c1cccc(CCC(=O)O)c1[S+](C)[O-]. The molecular formula is C11H14O4S2. The summed E-state index contributed by atoms with van der Waals surface area (Å²) in [6.07, 6.45) is 3.31. The number of aryl methyl sites for hydroxylation is 1. The van der Waals surface area contributed by atoms with E-state index in [0.717, 1.165) is 0 Å². The maximum absolute atomic E-state index is 11.7. The smallest absolute Gasteiger partial charge is 0.303 e. The molecule has 0 radical (unpaired) electrons. The van der Waals surface area contributed by atoms with Crippen LogP contribution in [0.5, 0.6) is 0 Å². The largest absolute Gasteiger partial charge is 0.612 e. The second-order valence-electron chi connectivity index (χ2n) is 3.55. The zero-order valence-corrected chi connectivity index (χ0v) is 11.3. The third-order valence-electron chi connectivity index (χ3n) is 2.27. The van der Waals surface area contributed by atoms with Gasteiger partial charge in [-0.3, -0.25) is 4.79 Å². The summed E-state index contributed by atoms with van der Waals surface area (Å²) in [4.78, 5) is 11.6. The van der Waals surface area contributed by atoms with Crippen LogP contribution in [0, 0.1) is 0 Å². The highest BCUT2D eigenvalue weighted by atomic mass is 32.2. The Morgan fingerprint density at radius 1 is 1.29 bits per heavy atom. The molecule has 0 aromatic heterocycles. The van der Waals surface area contributed by atoms with Crippen molar-refractivity contribution in [3.63, 3.8) is 0 Å². The molecule has 6 heteroatoms. The van der Waals surface area contributed by atoms with E-state index in [-0.39, 0.29) is 6.42 Å². The highest BCUT2D eigenvalue weighted by Gasteiger charge is 2.23. The molecule has 1 N–H and O–H groups in total. The van der Waals surface area contributed by atoms with Crippen LogP contribution >= 0.6 is 0 Å². The highest BCUT2D eigenvalue weighted by molar-refractivity contribution is 7.93. The Kier molecular flexibility index (Phi) is 5.32. The molecule has 0 aliphatic heterocycles. The Hall–Kier alpha value is -0.690. The molecule has 4 nitrogen and oxygen atoms in total. The first-order chi connectivity index (χ1) is 7.93. The van der Waals surface area contributed by atoms with E-state index in [4.69, 9.17) is 5.11 Å². The van der Waals surface area contributed by atoms with Gasteiger partial charge in [0.25, 0.3) is 0 Å². The second kappa shape index (κ2) is 6.30. The number of aliphatic carboxylic acids is 1. The molecule has 0 spiro atoms. The van der Waals surface area contributed by atoms with E-state index >= 15 is 0 Å². The van der Waals surface area contributed by atoms with E-state index in [1.165, 1.54) is 12.5 Å². The Balaban J connectivity index is 3.11. The predicted octanol–water partition coefficient (Wildman–Crippen LogP) is 1.18. The van der Waals surface area contributed by atoms with Gasteiger partial charge in [0.15, 0.2) is 0 Å². The quantitative estimate of drug-likeness (QED) is 0.817. The second-order valence-corrected chi connectivity index (χ2v) is 6.21. The number of carboxylic acids is 1. The number of rotatable bonds is 5. The predicted molar refractivity (Wildman–Crippen MR) is 67.1 cm³/mol. The van der Waals surface area contributed by atoms with Crippen molar-refractivity contribution in [2.75, 3.05) is 12.5 Å². The molecule has 2 atom stereocenters. The fourth-order valence-corrected chi connectivity index (χ4v) is 3.81. The van der Waals surface area contributed by atoms with Crippen LogP contribution in [0.25, 0.3) is 0 Å². The zero-order chi connectivity index (χ0) is 13.0. The van der Waals surface area contributed by atoms with Gasteiger partial charge in [-0.2, -0.15) is 0 Å². The first-order valence-electron chi connectivity index (χ1n) is 4.94. The maximum atomic E-state index is 11.7. The van der Waals surface area contributed by atoms with Crippen molar-refractivity contribution >= 4 is 28.3 Å². The first kappa shape index (κ1) is 14.4. The van der Waals surface area contributed by atoms with E-state index in [0.29, 0.717) is 21.8 Å². The average molecular weight is 274 g/mol. The maximum Gasteiger partial charge on any atom is 0.303 e. The third kappa shape index (κ3) is 3.92. The van der Waals surface area contributed by atoms with Gasteiger partial charge in [0.1, 0.15) is 12.5 Å².